The topological polar surface area (TPSA) is 76.4 Å². The highest BCUT2D eigenvalue weighted by Crippen LogP contribution is 2.22. The van der Waals surface area contributed by atoms with E-state index >= 15 is 0 Å². The Balaban J connectivity index is 2.50. The van der Waals surface area contributed by atoms with Crippen LogP contribution in [0.4, 0.5) is 0 Å². The van der Waals surface area contributed by atoms with Gasteiger partial charge in [0.15, 0.2) is 0 Å². The van der Waals surface area contributed by atoms with Crippen molar-refractivity contribution in [2.45, 2.75) is 46.0 Å². The van der Waals surface area contributed by atoms with E-state index in [1.54, 1.807) is 6.08 Å². The van der Waals surface area contributed by atoms with Crippen LogP contribution in [0.15, 0.2) is 15.3 Å². The smallest absolute Gasteiger partial charge is 0.343 e. The molecule has 1 N–H and O–H groups in total. The lowest BCUT2D eigenvalue weighted by Gasteiger charge is -2.17. The molecule has 5 nitrogen and oxygen atoms in total. The van der Waals surface area contributed by atoms with Gasteiger partial charge in [-0.2, -0.15) is 0 Å². The second-order valence-corrected chi connectivity index (χ2v) is 5.03. The Kier molecular flexibility index (Phi) is 4.73. The highest BCUT2D eigenvalue weighted by molar-refractivity contribution is 6.10. The molecule has 2 rings (SSSR count). The number of unbranched alkanes of at least 4 members (excludes halogenated alkanes) is 2. The van der Waals surface area contributed by atoms with Crippen molar-refractivity contribution in [2.24, 2.45) is 0 Å². The number of imide groups is 1. The first-order valence-corrected chi connectivity index (χ1v) is 7.28. The van der Waals surface area contributed by atoms with Crippen molar-refractivity contribution in [1.29, 1.82) is 0 Å². The number of hydrogen-bond acceptors (Lipinski definition) is 4. The maximum Gasteiger partial charge on any atom is 0.343 e. The van der Waals surface area contributed by atoms with E-state index in [0.29, 0.717) is 23.1 Å². The summed E-state index contributed by atoms with van der Waals surface area (Å²) in [5, 5.41) is 2.27. The van der Waals surface area contributed by atoms with Gasteiger partial charge in [0.25, 0.3) is 5.91 Å². The summed E-state index contributed by atoms with van der Waals surface area (Å²) in [4.78, 5) is 35.5. The maximum absolute atomic E-state index is 12.1. The summed E-state index contributed by atoms with van der Waals surface area (Å²) in [5.74, 6) is -0.745. The largest absolute Gasteiger partial charge is 0.426 e. The van der Waals surface area contributed by atoms with E-state index in [1.807, 2.05) is 13.0 Å². The van der Waals surface area contributed by atoms with E-state index in [9.17, 15) is 14.4 Å². The van der Waals surface area contributed by atoms with Crippen LogP contribution in [-0.2, 0) is 17.6 Å². The van der Waals surface area contributed by atoms with Crippen LogP contribution in [0.5, 0.6) is 0 Å². The fraction of sp³-hybridized carbons (Fsp3) is 0.438. The van der Waals surface area contributed by atoms with Gasteiger partial charge in [0.2, 0.25) is 5.91 Å². The summed E-state index contributed by atoms with van der Waals surface area (Å²) in [5.41, 5.74) is 0.920. The van der Waals surface area contributed by atoms with Gasteiger partial charge in [-0.1, -0.05) is 38.8 Å². The van der Waals surface area contributed by atoms with Crippen LogP contribution >= 0.6 is 0 Å². The zero-order chi connectivity index (χ0) is 15.4. The SMILES string of the molecule is CCCC/C=C/c1c(CC)c2c(oc1=O)CC(=O)NC2=O. The van der Waals surface area contributed by atoms with E-state index in [1.165, 1.54) is 0 Å². The first kappa shape index (κ1) is 15.2. The molecule has 1 aromatic rings. The van der Waals surface area contributed by atoms with Crippen LogP contribution in [0.1, 0.15) is 60.4 Å². The van der Waals surface area contributed by atoms with E-state index in [2.05, 4.69) is 12.2 Å². The number of allylic oxidation sites excluding steroid dienone is 1. The number of rotatable bonds is 5. The Morgan fingerprint density at radius 1 is 1.24 bits per heavy atom. The molecule has 0 unspecified atom stereocenters. The second-order valence-electron chi connectivity index (χ2n) is 5.03. The molecule has 2 amide bonds. The van der Waals surface area contributed by atoms with Gasteiger partial charge in [0.05, 0.1) is 17.5 Å². The second kappa shape index (κ2) is 6.52. The molecule has 0 saturated carbocycles. The van der Waals surface area contributed by atoms with Crippen molar-refractivity contribution in [2.75, 3.05) is 0 Å². The van der Waals surface area contributed by atoms with Gasteiger partial charge in [-0.3, -0.25) is 14.9 Å². The summed E-state index contributed by atoms with van der Waals surface area (Å²) in [6.45, 7) is 3.97. The third-order valence-electron chi connectivity index (χ3n) is 3.51. The van der Waals surface area contributed by atoms with Crippen LogP contribution in [0.2, 0.25) is 0 Å². The van der Waals surface area contributed by atoms with Gasteiger partial charge in [-0.25, -0.2) is 4.79 Å². The molecule has 112 valence electrons. The zero-order valence-electron chi connectivity index (χ0n) is 12.3. The standard InChI is InChI=1S/C16H19NO4/c1-3-5-6-7-8-11-10(4-2)14-12(21-16(11)20)9-13(18)17-15(14)19/h7-8H,3-6,9H2,1-2H3,(H,17,18,19)/b8-7+. The molecule has 0 bridgehead atoms. The van der Waals surface area contributed by atoms with Crippen molar-refractivity contribution in [3.05, 3.63) is 38.9 Å². The lowest BCUT2D eigenvalue weighted by atomic mass is 9.95. The van der Waals surface area contributed by atoms with Gasteiger partial charge in [0.1, 0.15) is 5.76 Å². The summed E-state index contributed by atoms with van der Waals surface area (Å²) in [6, 6.07) is 0. The third-order valence-corrected chi connectivity index (χ3v) is 3.51. The fourth-order valence-electron chi connectivity index (χ4n) is 2.47. The van der Waals surface area contributed by atoms with Crippen molar-refractivity contribution in [3.63, 3.8) is 0 Å². The van der Waals surface area contributed by atoms with Crippen LogP contribution in [0.25, 0.3) is 6.08 Å². The van der Waals surface area contributed by atoms with Gasteiger partial charge in [0, 0.05) is 0 Å². The van der Waals surface area contributed by atoms with Crippen LogP contribution in [0, 0.1) is 0 Å². The fourth-order valence-corrected chi connectivity index (χ4v) is 2.47. The number of carbonyl (C=O) groups is 2. The van der Waals surface area contributed by atoms with Gasteiger partial charge < -0.3 is 4.42 Å². The normalized spacial score (nSPS) is 14.4. The lowest BCUT2D eigenvalue weighted by molar-refractivity contribution is -0.120. The summed E-state index contributed by atoms with van der Waals surface area (Å²) in [6.07, 6.45) is 7.11. The Bertz CT molecular complexity index is 655. The summed E-state index contributed by atoms with van der Waals surface area (Å²) < 4.78 is 5.18. The van der Waals surface area contributed by atoms with Crippen LogP contribution in [0.3, 0.4) is 0 Å². The number of hydrogen-bond donors (Lipinski definition) is 1. The molecule has 5 heteroatoms. The first-order chi connectivity index (χ1) is 10.1. The molecule has 0 spiro atoms. The van der Waals surface area contributed by atoms with Crippen molar-refractivity contribution in [1.82, 2.24) is 5.32 Å². The molecule has 1 aliphatic rings. The van der Waals surface area contributed by atoms with E-state index in [4.69, 9.17) is 4.42 Å². The first-order valence-electron chi connectivity index (χ1n) is 7.28. The highest BCUT2D eigenvalue weighted by atomic mass is 16.4. The van der Waals surface area contributed by atoms with Crippen LogP contribution in [-0.4, -0.2) is 11.8 Å². The predicted molar refractivity (Wildman–Crippen MR) is 79.1 cm³/mol. The van der Waals surface area contributed by atoms with Gasteiger partial charge in [-0.05, 0) is 18.4 Å². The number of fused-ring (bicyclic) bond motifs is 1. The lowest BCUT2D eigenvalue weighted by Crippen LogP contribution is -2.39. The molecule has 0 aromatic carbocycles. The maximum atomic E-state index is 12.1. The average molecular weight is 289 g/mol. The predicted octanol–water partition coefficient (Wildman–Crippen LogP) is 2.22. The Labute approximate surface area is 123 Å². The number of nitrogens with one attached hydrogen (secondary N) is 1. The van der Waals surface area contributed by atoms with Crippen molar-refractivity contribution < 1.29 is 14.0 Å². The molecular formula is C16H19NO4. The third kappa shape index (κ3) is 3.12. The molecule has 0 atom stereocenters. The molecule has 0 radical (unpaired) electrons. The van der Waals surface area contributed by atoms with E-state index in [0.717, 1.165) is 19.3 Å². The number of amides is 2. The molecule has 2 heterocycles. The Hall–Kier alpha value is -2.17. The minimum Gasteiger partial charge on any atom is -0.426 e. The molecule has 0 aliphatic carbocycles. The minimum atomic E-state index is -0.485. The van der Waals surface area contributed by atoms with E-state index in [-0.39, 0.29) is 12.2 Å². The van der Waals surface area contributed by atoms with Crippen molar-refractivity contribution >= 4 is 17.9 Å². The summed E-state index contributed by atoms with van der Waals surface area (Å²) >= 11 is 0. The average Bonchev–Trinajstić information content (AvgIpc) is 2.43. The molecular weight excluding hydrogens is 270 g/mol. The molecule has 1 aromatic heterocycles. The molecule has 0 saturated heterocycles. The molecule has 1 aliphatic heterocycles. The zero-order valence-corrected chi connectivity index (χ0v) is 12.3. The van der Waals surface area contributed by atoms with Gasteiger partial charge >= 0.3 is 5.63 Å². The monoisotopic (exact) mass is 289 g/mol. The highest BCUT2D eigenvalue weighted by Gasteiger charge is 2.29. The molecule has 0 fully saturated rings. The van der Waals surface area contributed by atoms with Crippen LogP contribution < -0.4 is 10.9 Å². The Morgan fingerprint density at radius 2 is 2.00 bits per heavy atom. The quantitative estimate of drug-likeness (QED) is 0.666. The summed E-state index contributed by atoms with van der Waals surface area (Å²) in [7, 11) is 0. The Morgan fingerprint density at radius 3 is 2.67 bits per heavy atom. The number of carbonyl (C=O) groups excluding carboxylic acids is 2. The van der Waals surface area contributed by atoms with E-state index < -0.39 is 17.4 Å². The molecule has 21 heavy (non-hydrogen) atoms. The minimum absolute atomic E-state index is 0.0663. The van der Waals surface area contributed by atoms with Crippen molar-refractivity contribution in [3.8, 4) is 0 Å². The van der Waals surface area contributed by atoms with Gasteiger partial charge in [-0.15, -0.1) is 0 Å².